The van der Waals surface area contributed by atoms with Gasteiger partial charge in [0, 0.05) is 11.5 Å². The Morgan fingerprint density at radius 1 is 1.06 bits per heavy atom. The van der Waals surface area contributed by atoms with Crippen molar-refractivity contribution in [3.63, 3.8) is 0 Å². The van der Waals surface area contributed by atoms with Gasteiger partial charge < -0.3 is 9.84 Å². The summed E-state index contributed by atoms with van der Waals surface area (Å²) in [5.41, 5.74) is 4.31. The predicted molar refractivity (Wildman–Crippen MR) is 140 cm³/mol. The minimum atomic E-state index is -0.528. The largest absolute Gasteiger partial charge is 0.487 e. The Balaban J connectivity index is 1.44. The molecule has 0 spiro atoms. The lowest BCUT2D eigenvalue weighted by Crippen LogP contribution is -2.51. The van der Waals surface area contributed by atoms with Crippen molar-refractivity contribution < 1.29 is 9.84 Å². The molecule has 184 valence electrons. The number of aliphatic hydroxyl groups is 1. The van der Waals surface area contributed by atoms with Crippen LogP contribution in [0.4, 0.5) is 0 Å². The average Bonchev–Trinajstić information content (AvgIpc) is 2.83. The average molecular weight is 511 g/mol. The van der Waals surface area contributed by atoms with Crippen LogP contribution in [-0.4, -0.2) is 20.7 Å². The lowest BCUT2D eigenvalue weighted by molar-refractivity contribution is -0.0565. The molecule has 0 saturated heterocycles. The van der Waals surface area contributed by atoms with Crippen molar-refractivity contribution in [3.05, 3.63) is 87.4 Å². The minimum Gasteiger partial charge on any atom is -0.487 e. The molecule has 0 unspecified atom stereocenters. The molecule has 0 aliphatic heterocycles. The summed E-state index contributed by atoms with van der Waals surface area (Å²) in [7, 11) is 0. The summed E-state index contributed by atoms with van der Waals surface area (Å²) in [6, 6.07) is 19.0. The van der Waals surface area contributed by atoms with Crippen molar-refractivity contribution in [2.75, 3.05) is 0 Å². The highest BCUT2D eigenvalue weighted by Gasteiger charge is 2.51. The third-order valence-electron chi connectivity index (χ3n) is 8.00. The van der Waals surface area contributed by atoms with Crippen molar-refractivity contribution in [2.45, 2.75) is 75.9 Å². The van der Waals surface area contributed by atoms with Crippen LogP contribution >= 0.6 is 23.2 Å². The zero-order chi connectivity index (χ0) is 24.5. The van der Waals surface area contributed by atoms with Crippen LogP contribution in [0.25, 0.3) is 0 Å². The monoisotopic (exact) mass is 510 g/mol. The molecule has 1 heterocycles. The summed E-state index contributed by atoms with van der Waals surface area (Å²) >= 11 is 11.9. The summed E-state index contributed by atoms with van der Waals surface area (Å²) in [6.07, 6.45) is 7.77. The van der Waals surface area contributed by atoms with Gasteiger partial charge in [-0.1, -0.05) is 61.3 Å². The Kier molecular flexibility index (Phi) is 7.07. The SMILES string of the molecule is CCC[C@@]1(O)CC[C@@]2(Cc3ccccc3)c3ccc(OCc4cc(Cl)nc(Cl)n4)cc3CC[C@@H]2C1. The number of aryl methyl sites for hydroxylation is 1. The van der Waals surface area contributed by atoms with Gasteiger partial charge in [-0.2, -0.15) is 0 Å². The van der Waals surface area contributed by atoms with E-state index in [2.05, 4.69) is 65.4 Å². The highest BCUT2D eigenvalue weighted by Crippen LogP contribution is 2.55. The fourth-order valence-electron chi connectivity index (χ4n) is 6.48. The second-order valence-electron chi connectivity index (χ2n) is 10.3. The molecule has 2 aromatic carbocycles. The first-order chi connectivity index (χ1) is 16.9. The summed E-state index contributed by atoms with van der Waals surface area (Å²) in [4.78, 5) is 8.09. The normalized spacial score (nSPS) is 25.5. The molecule has 1 saturated carbocycles. The number of hydrogen-bond donors (Lipinski definition) is 1. The smallest absolute Gasteiger partial charge is 0.224 e. The van der Waals surface area contributed by atoms with E-state index in [4.69, 9.17) is 27.9 Å². The molecule has 0 radical (unpaired) electrons. The first-order valence-corrected chi connectivity index (χ1v) is 13.4. The van der Waals surface area contributed by atoms with Crippen molar-refractivity contribution in [3.8, 4) is 5.75 Å². The first kappa shape index (κ1) is 24.5. The molecule has 3 aromatic rings. The molecule has 3 atom stereocenters. The van der Waals surface area contributed by atoms with E-state index < -0.39 is 5.60 Å². The maximum atomic E-state index is 11.4. The van der Waals surface area contributed by atoms with Gasteiger partial charge in [0.05, 0.1) is 11.3 Å². The maximum absolute atomic E-state index is 11.4. The van der Waals surface area contributed by atoms with Gasteiger partial charge in [0.25, 0.3) is 0 Å². The second-order valence-corrected chi connectivity index (χ2v) is 11.0. The summed E-state index contributed by atoms with van der Waals surface area (Å²) in [5, 5.41) is 11.8. The Morgan fingerprint density at radius 3 is 2.66 bits per heavy atom. The van der Waals surface area contributed by atoms with Gasteiger partial charge in [0.1, 0.15) is 17.5 Å². The molecule has 5 rings (SSSR count). The number of rotatable bonds is 7. The highest BCUT2D eigenvalue weighted by atomic mass is 35.5. The number of hydrogen-bond acceptors (Lipinski definition) is 4. The lowest BCUT2D eigenvalue weighted by atomic mass is 9.52. The van der Waals surface area contributed by atoms with Crippen LogP contribution in [0.1, 0.15) is 67.8 Å². The molecular weight excluding hydrogens is 479 g/mol. The van der Waals surface area contributed by atoms with E-state index in [1.807, 2.05) is 0 Å². The predicted octanol–water partition coefficient (Wildman–Crippen LogP) is 7.12. The Hall–Kier alpha value is -2.14. The second kappa shape index (κ2) is 10.1. The van der Waals surface area contributed by atoms with Gasteiger partial charge in [-0.05, 0) is 91.3 Å². The van der Waals surface area contributed by atoms with Crippen molar-refractivity contribution in [1.82, 2.24) is 9.97 Å². The van der Waals surface area contributed by atoms with Gasteiger partial charge in [-0.25, -0.2) is 9.97 Å². The molecule has 1 aromatic heterocycles. The van der Waals surface area contributed by atoms with E-state index in [1.54, 1.807) is 6.07 Å². The van der Waals surface area contributed by atoms with Gasteiger partial charge >= 0.3 is 0 Å². The quantitative estimate of drug-likeness (QED) is 0.271. The Morgan fingerprint density at radius 2 is 1.89 bits per heavy atom. The van der Waals surface area contributed by atoms with Crippen LogP contribution in [0.2, 0.25) is 10.4 Å². The standard InChI is InChI=1S/C29H32Cl2N2O2/c1-2-12-28(34)13-14-29(17-20-6-4-3-5-7-20)22(18-28)9-8-21-15-24(10-11-25(21)29)35-19-23-16-26(30)33-27(31)32-23/h3-7,10-11,15-16,22,34H,2,8-9,12-14,17-19H2,1H3/t22-,28-,29+/m1/s1. The third-order valence-corrected chi connectivity index (χ3v) is 8.37. The summed E-state index contributed by atoms with van der Waals surface area (Å²) < 4.78 is 6.07. The van der Waals surface area contributed by atoms with Gasteiger partial charge in [0.2, 0.25) is 5.28 Å². The maximum Gasteiger partial charge on any atom is 0.224 e. The van der Waals surface area contributed by atoms with E-state index in [9.17, 15) is 5.11 Å². The Labute approximate surface area is 217 Å². The van der Waals surface area contributed by atoms with Gasteiger partial charge in [-0.3, -0.25) is 0 Å². The van der Waals surface area contributed by atoms with Crippen LogP contribution in [0, 0.1) is 5.92 Å². The number of aromatic nitrogens is 2. The number of benzene rings is 2. The fourth-order valence-corrected chi connectivity index (χ4v) is 6.93. The van der Waals surface area contributed by atoms with Crippen molar-refractivity contribution >= 4 is 23.2 Å². The van der Waals surface area contributed by atoms with E-state index in [1.165, 1.54) is 16.7 Å². The molecule has 1 N–H and O–H groups in total. The summed E-state index contributed by atoms with van der Waals surface area (Å²) in [5.74, 6) is 1.29. The van der Waals surface area contributed by atoms with E-state index in [0.29, 0.717) is 16.8 Å². The number of nitrogens with zero attached hydrogens (tertiary/aromatic N) is 2. The van der Waals surface area contributed by atoms with Crippen molar-refractivity contribution in [2.24, 2.45) is 5.92 Å². The van der Waals surface area contributed by atoms with E-state index in [0.717, 1.165) is 57.1 Å². The first-order valence-electron chi connectivity index (χ1n) is 12.6. The molecular formula is C29H32Cl2N2O2. The molecule has 35 heavy (non-hydrogen) atoms. The molecule has 2 aliphatic rings. The van der Waals surface area contributed by atoms with Gasteiger partial charge in [-0.15, -0.1) is 0 Å². The molecule has 0 bridgehead atoms. The zero-order valence-corrected chi connectivity index (χ0v) is 21.7. The fraction of sp³-hybridized carbons (Fsp3) is 0.448. The van der Waals surface area contributed by atoms with Crippen molar-refractivity contribution in [1.29, 1.82) is 0 Å². The third kappa shape index (κ3) is 5.21. The van der Waals surface area contributed by atoms with E-state index >= 15 is 0 Å². The number of halogens is 2. The number of fused-ring (bicyclic) bond motifs is 3. The molecule has 6 heteroatoms. The molecule has 4 nitrogen and oxygen atoms in total. The topological polar surface area (TPSA) is 55.2 Å². The number of ether oxygens (including phenoxy) is 1. The van der Waals surface area contributed by atoms with Crippen LogP contribution < -0.4 is 4.74 Å². The van der Waals surface area contributed by atoms with Crippen LogP contribution in [0.15, 0.2) is 54.6 Å². The van der Waals surface area contributed by atoms with Gasteiger partial charge in [0.15, 0.2) is 0 Å². The lowest BCUT2D eigenvalue weighted by Gasteiger charge is -2.53. The molecule has 0 amide bonds. The summed E-state index contributed by atoms with van der Waals surface area (Å²) in [6.45, 7) is 2.45. The van der Waals surface area contributed by atoms with Crippen LogP contribution in [0.5, 0.6) is 5.75 Å². The zero-order valence-electron chi connectivity index (χ0n) is 20.1. The van der Waals surface area contributed by atoms with Crippen LogP contribution in [0.3, 0.4) is 0 Å². The highest BCUT2D eigenvalue weighted by molar-refractivity contribution is 6.31. The van der Waals surface area contributed by atoms with Crippen LogP contribution in [-0.2, 0) is 24.9 Å². The molecule has 2 aliphatic carbocycles. The Bertz CT molecular complexity index is 1170. The minimum absolute atomic E-state index is 0.0428. The van der Waals surface area contributed by atoms with E-state index in [-0.39, 0.29) is 17.3 Å². The molecule has 1 fully saturated rings.